The Labute approximate surface area is 124 Å². The zero-order chi connectivity index (χ0) is 15.4. The number of benzene rings is 1. The summed E-state index contributed by atoms with van der Waals surface area (Å²) in [5.41, 5.74) is -0.492. The number of rotatable bonds is 3. The topological polar surface area (TPSA) is 54.5 Å². The molecular formula is C13H15F2NO3S2. The van der Waals surface area contributed by atoms with E-state index in [9.17, 15) is 21.4 Å². The van der Waals surface area contributed by atoms with E-state index in [-0.39, 0.29) is 22.7 Å². The summed E-state index contributed by atoms with van der Waals surface area (Å²) in [4.78, 5) is -0.351. The molecule has 2 heterocycles. The van der Waals surface area contributed by atoms with Crippen LogP contribution in [0.25, 0.3) is 0 Å². The van der Waals surface area contributed by atoms with Crippen molar-refractivity contribution >= 4 is 20.8 Å². The second-order valence-corrected chi connectivity index (χ2v) is 9.14. The van der Waals surface area contributed by atoms with E-state index in [1.54, 1.807) is 0 Å². The first-order chi connectivity index (χ1) is 9.71. The summed E-state index contributed by atoms with van der Waals surface area (Å²) in [6.07, 6.45) is 0.552. The van der Waals surface area contributed by atoms with Crippen LogP contribution in [-0.4, -0.2) is 40.5 Å². The van der Waals surface area contributed by atoms with Crippen molar-refractivity contribution in [3.63, 3.8) is 0 Å². The van der Waals surface area contributed by atoms with Gasteiger partial charge in [-0.2, -0.15) is 4.31 Å². The van der Waals surface area contributed by atoms with Gasteiger partial charge in [-0.25, -0.2) is 17.2 Å². The molecule has 0 saturated carbocycles. The number of nitrogens with zero attached hydrogens (tertiary/aromatic N) is 1. The van der Waals surface area contributed by atoms with Crippen molar-refractivity contribution in [2.75, 3.05) is 12.3 Å². The van der Waals surface area contributed by atoms with Crippen LogP contribution >= 0.6 is 0 Å². The van der Waals surface area contributed by atoms with Crippen molar-refractivity contribution in [2.45, 2.75) is 35.5 Å². The number of sulfonamides is 1. The molecule has 0 amide bonds. The minimum absolute atomic E-state index is 0.156. The maximum absolute atomic E-state index is 13.7. The lowest BCUT2D eigenvalue weighted by atomic mass is 10.1. The van der Waals surface area contributed by atoms with Crippen LogP contribution in [0.5, 0.6) is 0 Å². The first-order valence-electron chi connectivity index (χ1n) is 6.57. The molecule has 2 aliphatic heterocycles. The SMILES string of the molecule is CC(F)(F)c1ccccc1S(=O)(=O)N1C[C@@H]2C[C@H]1CS2=O. The highest BCUT2D eigenvalue weighted by atomic mass is 32.2. The highest BCUT2D eigenvalue weighted by Crippen LogP contribution is 2.38. The summed E-state index contributed by atoms with van der Waals surface area (Å²) in [6, 6.07) is 4.86. The Bertz CT molecular complexity index is 700. The van der Waals surface area contributed by atoms with Gasteiger partial charge in [-0.1, -0.05) is 18.2 Å². The van der Waals surface area contributed by atoms with E-state index in [4.69, 9.17) is 0 Å². The molecule has 1 aromatic rings. The fraction of sp³-hybridized carbons (Fsp3) is 0.538. The number of hydrogen-bond acceptors (Lipinski definition) is 3. The molecule has 4 nitrogen and oxygen atoms in total. The third kappa shape index (κ3) is 2.43. The molecule has 2 aliphatic rings. The van der Waals surface area contributed by atoms with Crippen molar-refractivity contribution < 1.29 is 21.4 Å². The van der Waals surface area contributed by atoms with Crippen LogP contribution in [-0.2, 0) is 26.7 Å². The van der Waals surface area contributed by atoms with Crippen LogP contribution in [0.4, 0.5) is 8.78 Å². The minimum atomic E-state index is -3.99. The Hall–Kier alpha value is -0.860. The second-order valence-electron chi connectivity index (χ2n) is 5.52. The Morgan fingerprint density at radius 1 is 1.33 bits per heavy atom. The fourth-order valence-corrected chi connectivity index (χ4v) is 6.87. The largest absolute Gasteiger partial charge is 0.271 e. The van der Waals surface area contributed by atoms with E-state index in [0.717, 1.165) is 6.07 Å². The van der Waals surface area contributed by atoms with Gasteiger partial charge in [0, 0.05) is 41.6 Å². The summed E-state index contributed by atoms with van der Waals surface area (Å²) in [5, 5.41) is -0.168. The molecule has 0 aliphatic carbocycles. The van der Waals surface area contributed by atoms with Gasteiger partial charge < -0.3 is 0 Å². The number of hydrogen-bond donors (Lipinski definition) is 0. The molecule has 21 heavy (non-hydrogen) atoms. The third-order valence-electron chi connectivity index (χ3n) is 4.00. The lowest BCUT2D eigenvalue weighted by Crippen LogP contribution is -2.42. The smallest absolute Gasteiger partial charge is 0.259 e. The monoisotopic (exact) mass is 335 g/mol. The van der Waals surface area contributed by atoms with Crippen molar-refractivity contribution in [3.8, 4) is 0 Å². The van der Waals surface area contributed by atoms with Crippen molar-refractivity contribution in [3.05, 3.63) is 29.8 Å². The van der Waals surface area contributed by atoms with Crippen LogP contribution in [0, 0.1) is 0 Å². The molecule has 1 unspecified atom stereocenters. The van der Waals surface area contributed by atoms with E-state index >= 15 is 0 Å². The number of alkyl halides is 2. The van der Waals surface area contributed by atoms with Gasteiger partial charge in [0.25, 0.3) is 5.92 Å². The predicted octanol–water partition coefficient (Wildman–Crippen LogP) is 1.69. The molecule has 1 aromatic carbocycles. The lowest BCUT2D eigenvalue weighted by molar-refractivity contribution is 0.0143. The van der Waals surface area contributed by atoms with Gasteiger partial charge in [-0.05, 0) is 12.5 Å². The molecule has 8 heteroatoms. The highest BCUT2D eigenvalue weighted by molar-refractivity contribution is 7.90. The van der Waals surface area contributed by atoms with Crippen LogP contribution in [0.1, 0.15) is 18.9 Å². The Kier molecular flexibility index (Phi) is 3.46. The van der Waals surface area contributed by atoms with Gasteiger partial charge in [0.1, 0.15) is 0 Å². The normalized spacial score (nSPS) is 30.0. The standard InChI is InChI=1S/C13H15F2NO3S2/c1-13(14,15)11-4-2-3-5-12(11)21(18,19)16-7-10-6-9(16)8-20(10)17/h2-5,9-10H,6-8H2,1H3/t9-,10-,20?/m0/s1. The molecule has 3 atom stereocenters. The van der Waals surface area contributed by atoms with Gasteiger partial charge in [-0.15, -0.1) is 0 Å². The van der Waals surface area contributed by atoms with Crippen LogP contribution in [0.3, 0.4) is 0 Å². The van der Waals surface area contributed by atoms with Crippen molar-refractivity contribution in [1.29, 1.82) is 0 Å². The first-order valence-corrected chi connectivity index (χ1v) is 9.40. The Balaban J connectivity index is 2.03. The molecule has 0 aromatic heterocycles. The van der Waals surface area contributed by atoms with Gasteiger partial charge in [0.2, 0.25) is 10.0 Å². The minimum Gasteiger partial charge on any atom is -0.259 e. The lowest BCUT2D eigenvalue weighted by Gasteiger charge is -2.27. The zero-order valence-corrected chi connectivity index (χ0v) is 13.0. The predicted molar refractivity (Wildman–Crippen MR) is 75.1 cm³/mol. The average molecular weight is 335 g/mol. The van der Waals surface area contributed by atoms with E-state index in [1.165, 1.54) is 22.5 Å². The molecule has 116 valence electrons. The zero-order valence-electron chi connectivity index (χ0n) is 11.3. The van der Waals surface area contributed by atoms with E-state index in [2.05, 4.69) is 0 Å². The molecule has 2 bridgehead atoms. The Morgan fingerprint density at radius 2 is 2.00 bits per heavy atom. The number of fused-ring (bicyclic) bond motifs is 2. The summed E-state index contributed by atoms with van der Waals surface area (Å²) in [6.45, 7) is 0.843. The Morgan fingerprint density at radius 3 is 2.52 bits per heavy atom. The summed E-state index contributed by atoms with van der Waals surface area (Å²) in [7, 11) is -4.99. The average Bonchev–Trinajstić information content (AvgIpc) is 2.97. The fourth-order valence-electron chi connectivity index (χ4n) is 2.99. The van der Waals surface area contributed by atoms with Crippen molar-refractivity contribution in [1.82, 2.24) is 4.31 Å². The highest BCUT2D eigenvalue weighted by Gasteiger charge is 2.49. The molecule has 0 spiro atoms. The summed E-state index contributed by atoms with van der Waals surface area (Å²) >= 11 is 0. The second kappa shape index (κ2) is 4.82. The first kappa shape index (κ1) is 15.1. The van der Waals surface area contributed by atoms with Gasteiger partial charge in [0.15, 0.2) is 0 Å². The molecular weight excluding hydrogens is 320 g/mol. The third-order valence-corrected chi connectivity index (χ3v) is 7.78. The molecule has 3 rings (SSSR count). The van der Waals surface area contributed by atoms with Gasteiger partial charge in [-0.3, -0.25) is 4.21 Å². The maximum Gasteiger partial charge on any atom is 0.271 e. The van der Waals surface area contributed by atoms with Crippen LogP contribution in [0.15, 0.2) is 29.2 Å². The summed E-state index contributed by atoms with van der Waals surface area (Å²) in [5.74, 6) is -2.93. The maximum atomic E-state index is 13.7. The van der Waals surface area contributed by atoms with Crippen LogP contribution < -0.4 is 0 Å². The van der Waals surface area contributed by atoms with E-state index in [0.29, 0.717) is 19.1 Å². The van der Waals surface area contributed by atoms with E-state index < -0.39 is 32.3 Å². The van der Waals surface area contributed by atoms with Gasteiger partial charge >= 0.3 is 0 Å². The number of halogens is 2. The molecule has 2 fully saturated rings. The van der Waals surface area contributed by atoms with Crippen LogP contribution in [0.2, 0.25) is 0 Å². The quantitative estimate of drug-likeness (QED) is 0.845. The van der Waals surface area contributed by atoms with Crippen molar-refractivity contribution in [2.24, 2.45) is 0 Å². The molecule has 0 N–H and O–H groups in total. The van der Waals surface area contributed by atoms with Gasteiger partial charge in [0.05, 0.1) is 10.1 Å². The summed E-state index contributed by atoms with van der Waals surface area (Å²) < 4.78 is 65.6. The molecule has 2 saturated heterocycles. The van der Waals surface area contributed by atoms with E-state index in [1.807, 2.05) is 0 Å². The molecule has 0 radical (unpaired) electrons.